The minimum absolute atomic E-state index is 0.0490. The van der Waals surface area contributed by atoms with Gasteiger partial charge in [-0.05, 0) is 49.1 Å². The first-order valence-electron chi connectivity index (χ1n) is 9.73. The molecule has 1 atom stereocenters. The molecule has 0 aliphatic carbocycles. The van der Waals surface area contributed by atoms with Gasteiger partial charge in [-0.1, -0.05) is 6.07 Å². The number of rotatable bonds is 6. The first-order chi connectivity index (χ1) is 14.4. The van der Waals surface area contributed by atoms with Crippen molar-refractivity contribution in [2.45, 2.75) is 30.3 Å². The number of nitrogens with one attached hydrogen (secondary N) is 1. The second kappa shape index (κ2) is 8.16. The molecule has 0 aromatic heterocycles. The Morgan fingerprint density at radius 3 is 2.63 bits per heavy atom. The third-order valence-electron chi connectivity index (χ3n) is 5.37. The molecule has 8 nitrogen and oxygen atoms in total. The molecule has 0 saturated carbocycles. The molecule has 0 unspecified atom stereocenters. The van der Waals surface area contributed by atoms with Crippen LogP contribution in [0, 0.1) is 0 Å². The van der Waals surface area contributed by atoms with Crippen LogP contribution < -0.4 is 19.1 Å². The summed E-state index contributed by atoms with van der Waals surface area (Å²) in [6.07, 6.45) is 1.91. The molecule has 0 radical (unpaired) electrons. The Hall–Kier alpha value is -2.78. The van der Waals surface area contributed by atoms with Crippen LogP contribution in [0.25, 0.3) is 0 Å². The third-order valence-corrected chi connectivity index (χ3v) is 6.75. The van der Waals surface area contributed by atoms with Crippen LogP contribution in [0.3, 0.4) is 0 Å². The Labute approximate surface area is 175 Å². The van der Waals surface area contributed by atoms with Crippen LogP contribution in [0.1, 0.15) is 18.4 Å². The van der Waals surface area contributed by atoms with E-state index in [4.69, 9.17) is 14.2 Å². The lowest BCUT2D eigenvalue weighted by Gasteiger charge is -2.21. The number of fused-ring (bicyclic) bond motifs is 1. The molecule has 4 rings (SSSR count). The highest BCUT2D eigenvalue weighted by Gasteiger charge is 2.33. The SMILES string of the molecule is COc1ccc(S(=O)(=O)Nc2ccc3c(c2)N(C(=O)[C@H]2CCCO2)CC3)cc1OC. The fourth-order valence-corrected chi connectivity index (χ4v) is 4.88. The summed E-state index contributed by atoms with van der Waals surface area (Å²) < 4.78 is 44.2. The maximum Gasteiger partial charge on any atom is 0.262 e. The van der Waals surface area contributed by atoms with Crippen LogP contribution in [-0.4, -0.2) is 47.8 Å². The van der Waals surface area contributed by atoms with E-state index in [9.17, 15) is 13.2 Å². The van der Waals surface area contributed by atoms with E-state index in [0.29, 0.717) is 30.3 Å². The van der Waals surface area contributed by atoms with Crippen LogP contribution in [0.4, 0.5) is 11.4 Å². The predicted octanol–water partition coefficient (Wildman–Crippen LogP) is 2.57. The molecule has 160 valence electrons. The Morgan fingerprint density at radius 1 is 1.13 bits per heavy atom. The van der Waals surface area contributed by atoms with Crippen LogP contribution in [0.2, 0.25) is 0 Å². The van der Waals surface area contributed by atoms with Crippen LogP contribution >= 0.6 is 0 Å². The lowest BCUT2D eigenvalue weighted by Crippen LogP contribution is -2.37. The molecule has 1 saturated heterocycles. The molecule has 2 heterocycles. The minimum Gasteiger partial charge on any atom is -0.493 e. The van der Waals surface area contributed by atoms with Gasteiger partial charge in [-0.3, -0.25) is 9.52 Å². The quantitative estimate of drug-likeness (QED) is 0.754. The number of ether oxygens (including phenoxy) is 3. The van der Waals surface area contributed by atoms with Crippen LogP contribution in [0.15, 0.2) is 41.3 Å². The lowest BCUT2D eigenvalue weighted by molar-refractivity contribution is -0.127. The molecule has 2 aromatic rings. The zero-order valence-electron chi connectivity index (χ0n) is 16.9. The first-order valence-corrected chi connectivity index (χ1v) is 11.2. The Morgan fingerprint density at radius 2 is 1.93 bits per heavy atom. The number of hydrogen-bond acceptors (Lipinski definition) is 6. The second-order valence-corrected chi connectivity index (χ2v) is 8.89. The smallest absolute Gasteiger partial charge is 0.262 e. The molecule has 9 heteroatoms. The van der Waals surface area contributed by atoms with Crippen molar-refractivity contribution in [3.05, 3.63) is 42.0 Å². The van der Waals surface area contributed by atoms with E-state index in [1.165, 1.54) is 32.4 Å². The number of carbonyl (C=O) groups excluding carboxylic acids is 1. The van der Waals surface area contributed by atoms with E-state index < -0.39 is 16.1 Å². The van der Waals surface area contributed by atoms with Crippen molar-refractivity contribution in [2.24, 2.45) is 0 Å². The summed E-state index contributed by atoms with van der Waals surface area (Å²) in [4.78, 5) is 14.5. The van der Waals surface area contributed by atoms with Gasteiger partial charge in [0, 0.05) is 24.9 Å². The molecule has 2 aliphatic heterocycles. The maximum absolute atomic E-state index is 12.9. The van der Waals surface area contributed by atoms with Gasteiger partial charge < -0.3 is 19.1 Å². The van der Waals surface area contributed by atoms with E-state index in [2.05, 4.69) is 4.72 Å². The van der Waals surface area contributed by atoms with E-state index in [1.54, 1.807) is 17.0 Å². The highest BCUT2D eigenvalue weighted by Crippen LogP contribution is 2.34. The largest absolute Gasteiger partial charge is 0.493 e. The average Bonchev–Trinajstić information content (AvgIpc) is 3.42. The van der Waals surface area contributed by atoms with E-state index >= 15 is 0 Å². The standard InChI is InChI=1S/C21H24N2O6S/c1-27-18-8-7-16(13-20(18)28-2)30(25,26)22-15-6-5-14-9-10-23(17(14)12-15)21(24)19-4-3-11-29-19/h5-8,12-13,19,22H,3-4,9-11H2,1-2H3/t19-/m1/s1. The van der Waals surface area contributed by atoms with Crippen molar-refractivity contribution in [1.82, 2.24) is 0 Å². The summed E-state index contributed by atoms with van der Waals surface area (Å²) in [7, 11) is -0.925. The van der Waals surface area contributed by atoms with E-state index in [1.807, 2.05) is 6.07 Å². The van der Waals surface area contributed by atoms with Crippen molar-refractivity contribution < 1.29 is 27.4 Å². The molecule has 2 aliphatic rings. The van der Waals surface area contributed by atoms with Gasteiger partial charge in [0.05, 0.1) is 24.8 Å². The average molecular weight is 432 g/mol. The Kier molecular flexibility index (Phi) is 5.57. The number of benzene rings is 2. The van der Waals surface area contributed by atoms with Gasteiger partial charge in [0.25, 0.3) is 15.9 Å². The van der Waals surface area contributed by atoms with Gasteiger partial charge in [-0.25, -0.2) is 8.42 Å². The van der Waals surface area contributed by atoms with Gasteiger partial charge in [-0.2, -0.15) is 0 Å². The van der Waals surface area contributed by atoms with Gasteiger partial charge in [-0.15, -0.1) is 0 Å². The second-order valence-electron chi connectivity index (χ2n) is 7.21. The number of anilines is 2. The monoisotopic (exact) mass is 432 g/mol. The fraction of sp³-hybridized carbons (Fsp3) is 0.381. The Bertz CT molecular complexity index is 1060. The van der Waals surface area contributed by atoms with Crippen molar-refractivity contribution in [1.29, 1.82) is 0 Å². The molecule has 1 N–H and O–H groups in total. The summed E-state index contributed by atoms with van der Waals surface area (Å²) in [6.45, 7) is 1.17. The summed E-state index contributed by atoms with van der Waals surface area (Å²) in [6, 6.07) is 9.65. The molecule has 0 spiro atoms. The summed E-state index contributed by atoms with van der Waals surface area (Å²) in [5.74, 6) is 0.700. The molecule has 1 fully saturated rings. The van der Waals surface area contributed by atoms with Crippen LogP contribution in [-0.2, 0) is 26.0 Å². The molecule has 2 aromatic carbocycles. The highest BCUT2D eigenvalue weighted by molar-refractivity contribution is 7.92. The van der Waals surface area contributed by atoms with Gasteiger partial charge in [0.1, 0.15) is 6.10 Å². The molecule has 1 amide bonds. The minimum atomic E-state index is -3.86. The molecular formula is C21H24N2O6S. The lowest BCUT2D eigenvalue weighted by atomic mass is 10.1. The molecular weight excluding hydrogens is 408 g/mol. The number of methoxy groups -OCH3 is 2. The number of sulfonamides is 1. The number of carbonyl (C=O) groups is 1. The fourth-order valence-electron chi connectivity index (χ4n) is 3.82. The highest BCUT2D eigenvalue weighted by atomic mass is 32.2. The number of hydrogen-bond donors (Lipinski definition) is 1. The van der Waals surface area contributed by atoms with Crippen LogP contribution in [0.5, 0.6) is 11.5 Å². The topological polar surface area (TPSA) is 94.2 Å². The normalized spacial score (nSPS) is 18.2. The van der Waals surface area contributed by atoms with Gasteiger partial charge in [0.2, 0.25) is 0 Å². The zero-order valence-corrected chi connectivity index (χ0v) is 17.7. The summed E-state index contributed by atoms with van der Waals surface area (Å²) in [5, 5.41) is 0. The number of nitrogens with zero attached hydrogens (tertiary/aromatic N) is 1. The third kappa shape index (κ3) is 3.82. The summed E-state index contributed by atoms with van der Waals surface area (Å²) >= 11 is 0. The Balaban J connectivity index is 1.58. The van der Waals surface area contributed by atoms with E-state index in [-0.39, 0.29) is 10.8 Å². The van der Waals surface area contributed by atoms with Crippen molar-refractivity contribution in [3.8, 4) is 11.5 Å². The van der Waals surface area contributed by atoms with E-state index in [0.717, 1.165) is 30.5 Å². The summed E-state index contributed by atoms with van der Waals surface area (Å²) in [5.41, 5.74) is 2.12. The number of amides is 1. The van der Waals surface area contributed by atoms with Crippen molar-refractivity contribution >= 4 is 27.3 Å². The van der Waals surface area contributed by atoms with Crippen molar-refractivity contribution in [2.75, 3.05) is 37.0 Å². The maximum atomic E-state index is 12.9. The van der Waals surface area contributed by atoms with Crippen molar-refractivity contribution in [3.63, 3.8) is 0 Å². The molecule has 30 heavy (non-hydrogen) atoms. The zero-order chi connectivity index (χ0) is 21.3. The first kappa shape index (κ1) is 20.5. The molecule has 0 bridgehead atoms. The predicted molar refractivity (Wildman–Crippen MR) is 112 cm³/mol. The van der Waals surface area contributed by atoms with Gasteiger partial charge >= 0.3 is 0 Å². The van der Waals surface area contributed by atoms with Gasteiger partial charge in [0.15, 0.2) is 11.5 Å².